The van der Waals surface area contributed by atoms with Crippen LogP contribution in [0.25, 0.3) is 5.69 Å². The molecule has 1 atom stereocenters. The molecule has 8 nitrogen and oxygen atoms in total. The zero-order valence-corrected chi connectivity index (χ0v) is 15.7. The Hall–Kier alpha value is -2.74. The highest BCUT2D eigenvalue weighted by atomic mass is 16.4. The lowest BCUT2D eigenvalue weighted by Gasteiger charge is -2.25. The van der Waals surface area contributed by atoms with Gasteiger partial charge in [0.25, 0.3) is 5.91 Å². The second kappa shape index (κ2) is 8.30. The average Bonchev–Trinajstić information content (AvgIpc) is 2.98. The molecule has 0 bridgehead atoms. The molecule has 3 rings (SSSR count). The molecule has 1 aromatic heterocycles. The first kappa shape index (κ1) is 19.0. The molecular formula is C19H25N5O3. The highest BCUT2D eigenvalue weighted by molar-refractivity contribution is 5.92. The Morgan fingerprint density at radius 3 is 2.67 bits per heavy atom. The summed E-state index contributed by atoms with van der Waals surface area (Å²) in [5.74, 6) is -0.961. The molecule has 144 valence electrons. The van der Waals surface area contributed by atoms with Crippen molar-refractivity contribution in [3.63, 3.8) is 0 Å². The van der Waals surface area contributed by atoms with Crippen molar-refractivity contribution in [1.29, 1.82) is 0 Å². The van der Waals surface area contributed by atoms with E-state index in [-0.39, 0.29) is 18.5 Å². The van der Waals surface area contributed by atoms with Crippen LogP contribution in [0.5, 0.6) is 0 Å². The zero-order chi connectivity index (χ0) is 19.4. The molecule has 1 aliphatic heterocycles. The fourth-order valence-electron chi connectivity index (χ4n) is 3.41. The molecule has 8 heteroatoms. The summed E-state index contributed by atoms with van der Waals surface area (Å²) in [7, 11) is 1.82. The van der Waals surface area contributed by atoms with Gasteiger partial charge in [0.15, 0.2) is 5.69 Å². The number of likely N-dealkylation sites (N-methyl/N-ethyl adjacent to an activating group) is 1. The van der Waals surface area contributed by atoms with E-state index in [0.717, 1.165) is 30.5 Å². The molecule has 1 saturated heterocycles. The van der Waals surface area contributed by atoms with Crippen molar-refractivity contribution >= 4 is 11.9 Å². The number of amides is 1. The summed E-state index contributed by atoms with van der Waals surface area (Å²) in [6.07, 6.45) is 4.13. The molecule has 0 radical (unpaired) electrons. The van der Waals surface area contributed by atoms with Crippen LogP contribution in [0.1, 0.15) is 35.3 Å². The van der Waals surface area contributed by atoms with E-state index in [4.69, 9.17) is 5.11 Å². The molecule has 1 aromatic carbocycles. The van der Waals surface area contributed by atoms with Gasteiger partial charge in [-0.3, -0.25) is 14.5 Å². The first-order valence-corrected chi connectivity index (χ1v) is 9.15. The maximum atomic E-state index is 12.8. The van der Waals surface area contributed by atoms with E-state index < -0.39 is 5.97 Å². The highest BCUT2D eigenvalue weighted by Gasteiger charge is 2.26. The number of aryl methyl sites for hydroxylation is 1. The third-order valence-corrected chi connectivity index (χ3v) is 5.00. The molecule has 0 aliphatic carbocycles. The van der Waals surface area contributed by atoms with Gasteiger partial charge in [0.05, 0.1) is 18.4 Å². The minimum absolute atomic E-state index is 0.0174. The van der Waals surface area contributed by atoms with Crippen molar-refractivity contribution in [1.82, 2.24) is 24.8 Å². The van der Waals surface area contributed by atoms with Gasteiger partial charge in [-0.25, -0.2) is 4.68 Å². The molecule has 1 N–H and O–H groups in total. The molecule has 1 amide bonds. The molecule has 27 heavy (non-hydrogen) atoms. The number of aromatic nitrogens is 3. The third-order valence-electron chi connectivity index (χ3n) is 5.00. The lowest BCUT2D eigenvalue weighted by molar-refractivity contribution is -0.138. The summed E-state index contributed by atoms with van der Waals surface area (Å²) in [5.41, 5.74) is 2.34. The van der Waals surface area contributed by atoms with Crippen molar-refractivity contribution in [2.75, 3.05) is 26.7 Å². The fraction of sp³-hybridized carbons (Fsp3) is 0.474. The van der Waals surface area contributed by atoms with E-state index in [9.17, 15) is 9.59 Å². The van der Waals surface area contributed by atoms with Crippen LogP contribution in [0.2, 0.25) is 0 Å². The van der Waals surface area contributed by atoms with E-state index in [1.807, 2.05) is 43.1 Å². The van der Waals surface area contributed by atoms with Crippen LogP contribution in [-0.2, 0) is 4.79 Å². The van der Waals surface area contributed by atoms with Crippen LogP contribution in [0.15, 0.2) is 30.5 Å². The van der Waals surface area contributed by atoms with Gasteiger partial charge in [-0.15, -0.1) is 5.10 Å². The van der Waals surface area contributed by atoms with Crippen LogP contribution >= 0.6 is 0 Å². The number of carbonyl (C=O) groups excluding carboxylic acids is 1. The fourth-order valence-corrected chi connectivity index (χ4v) is 3.41. The molecule has 1 unspecified atom stereocenters. The number of likely N-dealkylation sites (tertiary alicyclic amines) is 1. The normalized spacial score (nSPS) is 17.7. The number of rotatable bonds is 5. The minimum atomic E-state index is -0.831. The summed E-state index contributed by atoms with van der Waals surface area (Å²) < 4.78 is 1.61. The van der Waals surface area contributed by atoms with Crippen molar-refractivity contribution in [3.05, 3.63) is 41.7 Å². The average molecular weight is 371 g/mol. The summed E-state index contributed by atoms with van der Waals surface area (Å²) in [5, 5.41) is 17.1. The number of carboxylic acid groups (broad SMARTS) is 1. The second-order valence-electron chi connectivity index (χ2n) is 7.07. The topological polar surface area (TPSA) is 91.6 Å². The Labute approximate surface area is 158 Å². The Kier molecular flexibility index (Phi) is 5.85. The number of carboxylic acids is 1. The molecule has 2 heterocycles. The number of hydrogen-bond acceptors (Lipinski definition) is 5. The lowest BCUT2D eigenvalue weighted by Crippen LogP contribution is -2.37. The van der Waals surface area contributed by atoms with Crippen LogP contribution in [0, 0.1) is 6.92 Å². The number of nitrogens with zero attached hydrogens (tertiary/aromatic N) is 5. The maximum absolute atomic E-state index is 12.8. The predicted octanol–water partition coefficient (Wildman–Crippen LogP) is 1.59. The van der Waals surface area contributed by atoms with E-state index in [2.05, 4.69) is 10.3 Å². The molecule has 1 aliphatic rings. The number of carbonyl (C=O) groups is 2. The Morgan fingerprint density at radius 1 is 1.22 bits per heavy atom. The predicted molar refractivity (Wildman–Crippen MR) is 99.9 cm³/mol. The van der Waals surface area contributed by atoms with Gasteiger partial charge in [0.2, 0.25) is 0 Å². The van der Waals surface area contributed by atoms with Gasteiger partial charge in [-0.05, 0) is 45.4 Å². The molecule has 1 fully saturated rings. The molecule has 0 spiro atoms. The Balaban J connectivity index is 1.64. The van der Waals surface area contributed by atoms with E-state index in [1.54, 1.807) is 15.8 Å². The SMILES string of the molecule is Cc1ccc(-n2cc(C(=O)N3CCCC(N(C)CC(=O)O)CC3)nn2)cc1. The van der Waals surface area contributed by atoms with Crippen molar-refractivity contribution in [3.8, 4) is 5.69 Å². The third kappa shape index (κ3) is 4.71. The standard InChI is InChI=1S/C19H25N5O3/c1-14-5-7-16(8-6-14)24-12-17(20-21-24)19(27)23-10-3-4-15(9-11-23)22(2)13-18(25)26/h5-8,12,15H,3-4,9-11,13H2,1-2H3,(H,25,26). The zero-order valence-electron chi connectivity index (χ0n) is 15.7. The Bertz CT molecular complexity index is 802. The first-order valence-electron chi connectivity index (χ1n) is 9.15. The molecular weight excluding hydrogens is 346 g/mol. The van der Waals surface area contributed by atoms with Crippen molar-refractivity contribution in [2.24, 2.45) is 0 Å². The van der Waals surface area contributed by atoms with Gasteiger partial charge in [0, 0.05) is 19.1 Å². The number of hydrogen-bond donors (Lipinski definition) is 1. The van der Waals surface area contributed by atoms with Gasteiger partial charge in [-0.2, -0.15) is 0 Å². The number of benzene rings is 1. The van der Waals surface area contributed by atoms with Crippen LogP contribution in [0.3, 0.4) is 0 Å². The summed E-state index contributed by atoms with van der Waals surface area (Å²) >= 11 is 0. The molecule has 2 aromatic rings. The largest absolute Gasteiger partial charge is 0.480 e. The van der Waals surface area contributed by atoms with Gasteiger partial charge in [0.1, 0.15) is 0 Å². The smallest absolute Gasteiger partial charge is 0.317 e. The Morgan fingerprint density at radius 2 is 1.96 bits per heavy atom. The van der Waals surface area contributed by atoms with Crippen molar-refractivity contribution < 1.29 is 14.7 Å². The monoisotopic (exact) mass is 371 g/mol. The lowest BCUT2D eigenvalue weighted by atomic mass is 10.1. The van der Waals surface area contributed by atoms with Gasteiger partial charge >= 0.3 is 5.97 Å². The van der Waals surface area contributed by atoms with Crippen LogP contribution in [-0.4, -0.2) is 74.5 Å². The van der Waals surface area contributed by atoms with E-state index in [1.165, 1.54) is 0 Å². The van der Waals surface area contributed by atoms with E-state index in [0.29, 0.717) is 18.8 Å². The molecule has 0 saturated carbocycles. The summed E-state index contributed by atoms with van der Waals surface area (Å²) in [4.78, 5) is 27.4. The summed E-state index contributed by atoms with van der Waals surface area (Å²) in [6, 6.07) is 8.02. The van der Waals surface area contributed by atoms with Gasteiger partial charge < -0.3 is 10.0 Å². The summed E-state index contributed by atoms with van der Waals surface area (Å²) in [6.45, 7) is 3.27. The second-order valence-corrected chi connectivity index (χ2v) is 7.07. The van der Waals surface area contributed by atoms with Crippen LogP contribution in [0.4, 0.5) is 0 Å². The highest BCUT2D eigenvalue weighted by Crippen LogP contribution is 2.17. The van der Waals surface area contributed by atoms with Crippen molar-refractivity contribution in [2.45, 2.75) is 32.2 Å². The van der Waals surface area contributed by atoms with Gasteiger partial charge in [-0.1, -0.05) is 22.9 Å². The minimum Gasteiger partial charge on any atom is -0.480 e. The van der Waals surface area contributed by atoms with E-state index >= 15 is 0 Å². The quantitative estimate of drug-likeness (QED) is 0.858. The van der Waals surface area contributed by atoms with Crippen LogP contribution < -0.4 is 0 Å². The maximum Gasteiger partial charge on any atom is 0.317 e. The number of aliphatic carboxylic acids is 1. The first-order chi connectivity index (χ1) is 12.9.